The first-order valence-electron chi connectivity index (χ1n) is 9.84. The lowest BCUT2D eigenvalue weighted by Gasteiger charge is -2.26. The lowest BCUT2D eigenvalue weighted by atomic mass is 10.1. The van der Waals surface area contributed by atoms with Crippen LogP contribution in [0.2, 0.25) is 0 Å². The zero-order chi connectivity index (χ0) is 20.6. The largest absolute Gasteiger partial charge is 0.379 e. The van der Waals surface area contributed by atoms with Crippen LogP contribution in [0, 0.1) is 11.6 Å². The molecule has 2 aromatic carbocycles. The second kappa shape index (κ2) is 10.4. The Morgan fingerprint density at radius 2 is 1.79 bits per heavy atom. The molecule has 1 aliphatic heterocycles. The summed E-state index contributed by atoms with van der Waals surface area (Å²) >= 11 is 0. The number of amides is 1. The molecule has 3 rings (SSSR count). The monoisotopic (exact) mass is 403 g/mol. The molecule has 1 heterocycles. The maximum Gasteiger partial charge on any atom is 0.234 e. The molecule has 1 atom stereocenters. The van der Waals surface area contributed by atoms with E-state index in [0.717, 1.165) is 44.5 Å². The third-order valence-corrected chi connectivity index (χ3v) is 5.02. The normalized spacial score (nSPS) is 15.8. The summed E-state index contributed by atoms with van der Waals surface area (Å²) in [5, 5.41) is 5.81. The van der Waals surface area contributed by atoms with Crippen LogP contribution in [0.15, 0.2) is 42.5 Å². The first-order valence-corrected chi connectivity index (χ1v) is 9.84. The van der Waals surface area contributed by atoms with E-state index in [1.165, 1.54) is 17.7 Å². The summed E-state index contributed by atoms with van der Waals surface area (Å²) in [5.74, 6) is -1.42. The van der Waals surface area contributed by atoms with Crippen molar-refractivity contribution in [3.63, 3.8) is 0 Å². The van der Waals surface area contributed by atoms with Crippen molar-refractivity contribution in [3.05, 3.63) is 70.8 Å². The van der Waals surface area contributed by atoms with Crippen LogP contribution in [0.5, 0.6) is 0 Å². The van der Waals surface area contributed by atoms with Gasteiger partial charge >= 0.3 is 0 Å². The van der Waals surface area contributed by atoms with Gasteiger partial charge in [-0.1, -0.05) is 30.3 Å². The predicted molar refractivity (Wildman–Crippen MR) is 107 cm³/mol. The molecule has 29 heavy (non-hydrogen) atoms. The van der Waals surface area contributed by atoms with Crippen LogP contribution < -0.4 is 10.6 Å². The zero-order valence-corrected chi connectivity index (χ0v) is 16.6. The minimum absolute atomic E-state index is 0.0487. The molecule has 0 bridgehead atoms. The van der Waals surface area contributed by atoms with Crippen LogP contribution in [-0.4, -0.2) is 43.7 Å². The Labute approximate surface area is 170 Å². The molecule has 0 radical (unpaired) electrons. The average Bonchev–Trinajstić information content (AvgIpc) is 2.72. The Bertz CT molecular complexity index is 808. The minimum atomic E-state index is -0.623. The topological polar surface area (TPSA) is 53.6 Å². The fraction of sp³-hybridized carbons (Fsp3) is 0.409. The molecule has 0 saturated carbocycles. The highest BCUT2D eigenvalue weighted by Crippen LogP contribution is 2.17. The molecule has 1 saturated heterocycles. The van der Waals surface area contributed by atoms with Crippen LogP contribution in [0.3, 0.4) is 0 Å². The number of carbonyl (C=O) groups is 1. The molecule has 156 valence electrons. The number of hydrogen-bond donors (Lipinski definition) is 2. The third-order valence-electron chi connectivity index (χ3n) is 5.02. The molecule has 2 N–H and O–H groups in total. The van der Waals surface area contributed by atoms with Crippen LogP contribution in [0.4, 0.5) is 8.78 Å². The highest BCUT2D eigenvalue weighted by molar-refractivity contribution is 5.78. The Kier molecular flexibility index (Phi) is 7.69. The number of benzene rings is 2. The molecule has 5 nitrogen and oxygen atoms in total. The highest BCUT2D eigenvalue weighted by Gasteiger charge is 2.13. The summed E-state index contributed by atoms with van der Waals surface area (Å²) in [6.45, 7) is 6.57. The van der Waals surface area contributed by atoms with Crippen molar-refractivity contribution < 1.29 is 18.3 Å². The molecule has 0 aromatic heterocycles. The molecule has 0 unspecified atom stereocenters. The van der Waals surface area contributed by atoms with E-state index in [-0.39, 0.29) is 12.5 Å². The molecule has 2 aromatic rings. The number of halogens is 2. The summed E-state index contributed by atoms with van der Waals surface area (Å²) in [4.78, 5) is 14.4. The SMILES string of the molecule is C[C@@H](NCC(=O)NCc1ccc(CN2CCOCC2)cc1)c1ccc(F)cc1F. The Morgan fingerprint density at radius 3 is 2.48 bits per heavy atom. The maximum absolute atomic E-state index is 13.8. The van der Waals surface area contributed by atoms with Crippen molar-refractivity contribution in [3.8, 4) is 0 Å². The van der Waals surface area contributed by atoms with E-state index in [4.69, 9.17) is 4.74 Å². The van der Waals surface area contributed by atoms with Gasteiger partial charge < -0.3 is 15.4 Å². The van der Waals surface area contributed by atoms with Crippen molar-refractivity contribution in [1.29, 1.82) is 0 Å². The van der Waals surface area contributed by atoms with Crippen molar-refractivity contribution >= 4 is 5.91 Å². The van der Waals surface area contributed by atoms with E-state index >= 15 is 0 Å². The van der Waals surface area contributed by atoms with Crippen molar-refractivity contribution in [2.45, 2.75) is 26.1 Å². The van der Waals surface area contributed by atoms with E-state index < -0.39 is 17.7 Å². The van der Waals surface area contributed by atoms with Gasteiger partial charge in [0.15, 0.2) is 0 Å². The van der Waals surface area contributed by atoms with Crippen LogP contribution in [-0.2, 0) is 22.6 Å². The number of morpholine rings is 1. The van der Waals surface area contributed by atoms with Gasteiger partial charge in [0.2, 0.25) is 5.91 Å². The minimum Gasteiger partial charge on any atom is -0.379 e. The molecule has 1 fully saturated rings. The second-order valence-corrected chi connectivity index (χ2v) is 7.25. The van der Waals surface area contributed by atoms with Crippen molar-refractivity contribution in [2.75, 3.05) is 32.8 Å². The Balaban J connectivity index is 1.40. The quantitative estimate of drug-likeness (QED) is 0.712. The van der Waals surface area contributed by atoms with E-state index in [1.54, 1.807) is 6.92 Å². The molecule has 1 aliphatic rings. The first kappa shape index (κ1) is 21.4. The van der Waals surface area contributed by atoms with Gasteiger partial charge in [0, 0.05) is 43.9 Å². The van der Waals surface area contributed by atoms with Gasteiger partial charge in [0.1, 0.15) is 11.6 Å². The zero-order valence-electron chi connectivity index (χ0n) is 16.6. The standard InChI is InChI=1S/C22H27F2N3O2/c1-16(20-7-6-19(23)12-21(20)24)25-14-22(28)26-13-17-2-4-18(5-3-17)15-27-8-10-29-11-9-27/h2-7,12,16,25H,8-11,13-15H2,1H3,(H,26,28)/t16-/m1/s1. The summed E-state index contributed by atoms with van der Waals surface area (Å²) in [6, 6.07) is 11.2. The first-order chi connectivity index (χ1) is 14.0. The fourth-order valence-electron chi connectivity index (χ4n) is 3.25. The predicted octanol–water partition coefficient (Wildman–Crippen LogP) is 2.76. The molecular weight excluding hydrogens is 376 g/mol. The van der Waals surface area contributed by atoms with Crippen LogP contribution >= 0.6 is 0 Å². The maximum atomic E-state index is 13.8. The third kappa shape index (κ3) is 6.59. The van der Waals surface area contributed by atoms with E-state index in [9.17, 15) is 13.6 Å². The summed E-state index contributed by atoms with van der Waals surface area (Å²) in [6.07, 6.45) is 0. The van der Waals surface area contributed by atoms with Gasteiger partial charge in [0.25, 0.3) is 0 Å². The summed E-state index contributed by atoms with van der Waals surface area (Å²) in [7, 11) is 0. The van der Waals surface area contributed by atoms with Gasteiger partial charge in [-0.3, -0.25) is 9.69 Å². The summed E-state index contributed by atoms with van der Waals surface area (Å²) < 4.78 is 32.1. The van der Waals surface area contributed by atoms with Gasteiger partial charge in [-0.25, -0.2) is 8.78 Å². The van der Waals surface area contributed by atoms with Crippen molar-refractivity contribution in [1.82, 2.24) is 15.5 Å². The lowest BCUT2D eigenvalue weighted by Crippen LogP contribution is -2.35. The number of rotatable bonds is 8. The number of nitrogens with one attached hydrogen (secondary N) is 2. The highest BCUT2D eigenvalue weighted by atomic mass is 19.1. The number of carbonyl (C=O) groups excluding carboxylic acids is 1. The average molecular weight is 403 g/mol. The number of ether oxygens (including phenoxy) is 1. The number of hydrogen-bond acceptors (Lipinski definition) is 4. The lowest BCUT2D eigenvalue weighted by molar-refractivity contribution is -0.120. The Morgan fingerprint density at radius 1 is 1.10 bits per heavy atom. The van der Waals surface area contributed by atoms with Crippen molar-refractivity contribution in [2.24, 2.45) is 0 Å². The molecule has 0 aliphatic carbocycles. The van der Waals surface area contributed by atoms with Gasteiger partial charge in [-0.2, -0.15) is 0 Å². The summed E-state index contributed by atoms with van der Waals surface area (Å²) in [5.41, 5.74) is 2.58. The van der Waals surface area contributed by atoms with Crippen LogP contribution in [0.25, 0.3) is 0 Å². The van der Waals surface area contributed by atoms with Crippen LogP contribution in [0.1, 0.15) is 29.7 Å². The fourth-order valence-corrected chi connectivity index (χ4v) is 3.25. The van der Waals surface area contributed by atoms with E-state index in [0.29, 0.717) is 12.1 Å². The molecule has 7 heteroatoms. The molecular formula is C22H27F2N3O2. The molecule has 1 amide bonds. The van der Waals surface area contributed by atoms with Gasteiger partial charge in [-0.15, -0.1) is 0 Å². The van der Waals surface area contributed by atoms with Gasteiger partial charge in [-0.05, 0) is 24.1 Å². The molecule has 0 spiro atoms. The van der Waals surface area contributed by atoms with E-state index in [2.05, 4.69) is 27.7 Å². The number of nitrogens with zero attached hydrogens (tertiary/aromatic N) is 1. The Hall–Kier alpha value is -2.35. The smallest absolute Gasteiger partial charge is 0.234 e. The van der Waals surface area contributed by atoms with Gasteiger partial charge in [0.05, 0.1) is 19.8 Å². The van der Waals surface area contributed by atoms with E-state index in [1.807, 2.05) is 12.1 Å². The second-order valence-electron chi connectivity index (χ2n) is 7.25.